The molecule has 0 bridgehead atoms. The van der Waals surface area contributed by atoms with Crippen LogP contribution in [0.5, 0.6) is 0 Å². The molecule has 1 fully saturated rings. The van der Waals surface area contributed by atoms with E-state index in [1.54, 1.807) is 11.8 Å². The standard InChI is InChI=1S/C17H22N2OS/c1-14-4-6-15(7-5-14)12-21-11-10-19-16(20)17(13-18)8-2-3-9-17/h4-7H,2-3,8-12H2,1H3,(H,19,20). The van der Waals surface area contributed by atoms with Crippen LogP contribution in [0.3, 0.4) is 0 Å². The van der Waals surface area contributed by atoms with Crippen LogP contribution in [0, 0.1) is 23.7 Å². The third-order valence-corrected chi connectivity index (χ3v) is 5.06. The van der Waals surface area contributed by atoms with Crippen molar-refractivity contribution in [1.29, 1.82) is 5.26 Å². The van der Waals surface area contributed by atoms with Gasteiger partial charge in [0.15, 0.2) is 0 Å². The van der Waals surface area contributed by atoms with Crippen molar-refractivity contribution < 1.29 is 4.79 Å². The number of aryl methyl sites for hydroxylation is 1. The summed E-state index contributed by atoms with van der Waals surface area (Å²) in [6, 6.07) is 10.8. The number of hydrogen-bond acceptors (Lipinski definition) is 3. The number of nitriles is 1. The van der Waals surface area contributed by atoms with Gasteiger partial charge in [-0.1, -0.05) is 42.7 Å². The number of nitrogens with one attached hydrogen (secondary N) is 1. The minimum absolute atomic E-state index is 0.0709. The predicted molar refractivity (Wildman–Crippen MR) is 86.9 cm³/mol. The molecule has 3 nitrogen and oxygen atoms in total. The van der Waals surface area contributed by atoms with E-state index in [1.165, 1.54) is 11.1 Å². The summed E-state index contributed by atoms with van der Waals surface area (Å²) in [6.07, 6.45) is 3.41. The van der Waals surface area contributed by atoms with Crippen molar-refractivity contribution in [1.82, 2.24) is 5.32 Å². The Labute approximate surface area is 131 Å². The zero-order valence-electron chi connectivity index (χ0n) is 12.5. The Hall–Kier alpha value is -1.47. The number of carbonyl (C=O) groups is 1. The molecule has 0 spiro atoms. The molecule has 0 unspecified atom stereocenters. The number of benzene rings is 1. The lowest BCUT2D eigenvalue weighted by molar-refractivity contribution is -0.127. The van der Waals surface area contributed by atoms with Gasteiger partial charge in [0.2, 0.25) is 5.91 Å². The van der Waals surface area contributed by atoms with Crippen LogP contribution in [-0.2, 0) is 10.5 Å². The molecule has 0 radical (unpaired) electrons. The molecule has 4 heteroatoms. The van der Waals surface area contributed by atoms with E-state index in [1.807, 2.05) is 0 Å². The van der Waals surface area contributed by atoms with Gasteiger partial charge in [-0.25, -0.2) is 0 Å². The highest BCUT2D eigenvalue weighted by Crippen LogP contribution is 2.37. The second kappa shape index (κ2) is 7.51. The number of nitrogens with zero attached hydrogens (tertiary/aromatic N) is 1. The number of carbonyl (C=O) groups excluding carboxylic acids is 1. The number of rotatable bonds is 6. The molecule has 1 saturated carbocycles. The van der Waals surface area contributed by atoms with E-state index in [0.717, 1.165) is 24.3 Å². The third-order valence-electron chi connectivity index (χ3n) is 4.03. The minimum atomic E-state index is -0.748. The molecule has 1 amide bonds. The lowest BCUT2D eigenvalue weighted by Gasteiger charge is -2.19. The summed E-state index contributed by atoms with van der Waals surface area (Å²) in [5, 5.41) is 12.2. The van der Waals surface area contributed by atoms with Gasteiger partial charge in [-0.15, -0.1) is 0 Å². The average molecular weight is 302 g/mol. The first-order valence-electron chi connectivity index (χ1n) is 7.49. The summed E-state index contributed by atoms with van der Waals surface area (Å²) >= 11 is 1.81. The highest BCUT2D eigenvalue weighted by Gasteiger charge is 2.41. The van der Waals surface area contributed by atoms with Gasteiger partial charge in [-0.05, 0) is 25.3 Å². The Morgan fingerprint density at radius 3 is 2.62 bits per heavy atom. The second-order valence-electron chi connectivity index (χ2n) is 5.70. The molecule has 0 heterocycles. The fraction of sp³-hybridized carbons (Fsp3) is 0.529. The quantitative estimate of drug-likeness (QED) is 0.819. The van der Waals surface area contributed by atoms with E-state index in [0.29, 0.717) is 19.4 Å². The maximum absolute atomic E-state index is 12.1. The van der Waals surface area contributed by atoms with Crippen molar-refractivity contribution in [3.05, 3.63) is 35.4 Å². The first-order chi connectivity index (χ1) is 10.2. The van der Waals surface area contributed by atoms with Crippen LogP contribution in [0.25, 0.3) is 0 Å². The minimum Gasteiger partial charge on any atom is -0.354 e. The van der Waals surface area contributed by atoms with E-state index in [-0.39, 0.29) is 5.91 Å². The van der Waals surface area contributed by atoms with E-state index >= 15 is 0 Å². The molecule has 1 N–H and O–H groups in total. The van der Waals surface area contributed by atoms with Gasteiger partial charge in [0.25, 0.3) is 0 Å². The third kappa shape index (κ3) is 4.25. The predicted octanol–water partition coefficient (Wildman–Crippen LogP) is 3.43. The molecule has 0 saturated heterocycles. The highest BCUT2D eigenvalue weighted by atomic mass is 32.2. The molecule has 2 rings (SSSR count). The fourth-order valence-electron chi connectivity index (χ4n) is 2.65. The molecular formula is C17H22N2OS. The number of amides is 1. The smallest absolute Gasteiger partial charge is 0.240 e. The molecule has 0 atom stereocenters. The normalized spacial score (nSPS) is 16.4. The van der Waals surface area contributed by atoms with Crippen molar-refractivity contribution in [3.8, 4) is 6.07 Å². The lowest BCUT2D eigenvalue weighted by Crippen LogP contribution is -2.39. The molecule has 0 aromatic heterocycles. The molecule has 1 aliphatic carbocycles. The number of thioether (sulfide) groups is 1. The van der Waals surface area contributed by atoms with Crippen LogP contribution in [0.2, 0.25) is 0 Å². The highest BCUT2D eigenvalue weighted by molar-refractivity contribution is 7.98. The van der Waals surface area contributed by atoms with Gasteiger partial charge in [0.05, 0.1) is 6.07 Å². The molecule has 1 aliphatic rings. The maximum Gasteiger partial charge on any atom is 0.240 e. The Kier molecular flexibility index (Phi) is 5.69. The van der Waals surface area contributed by atoms with Gasteiger partial charge in [-0.3, -0.25) is 4.79 Å². The van der Waals surface area contributed by atoms with E-state index in [9.17, 15) is 10.1 Å². The van der Waals surface area contributed by atoms with E-state index in [2.05, 4.69) is 42.6 Å². The largest absolute Gasteiger partial charge is 0.354 e. The van der Waals surface area contributed by atoms with Crippen molar-refractivity contribution >= 4 is 17.7 Å². The summed E-state index contributed by atoms with van der Waals surface area (Å²) in [6.45, 7) is 2.72. The molecule has 112 valence electrons. The van der Waals surface area contributed by atoms with Crippen molar-refractivity contribution in [3.63, 3.8) is 0 Å². The summed E-state index contributed by atoms with van der Waals surface area (Å²) < 4.78 is 0. The lowest BCUT2D eigenvalue weighted by atomic mass is 9.87. The van der Waals surface area contributed by atoms with Gasteiger partial charge < -0.3 is 5.32 Å². The van der Waals surface area contributed by atoms with Crippen molar-refractivity contribution in [2.75, 3.05) is 12.3 Å². The van der Waals surface area contributed by atoms with Crippen molar-refractivity contribution in [2.24, 2.45) is 5.41 Å². The molecule has 0 aliphatic heterocycles. The monoisotopic (exact) mass is 302 g/mol. The van der Waals surface area contributed by atoms with Gasteiger partial charge in [-0.2, -0.15) is 17.0 Å². The summed E-state index contributed by atoms with van der Waals surface area (Å²) in [5.41, 5.74) is 1.83. The Morgan fingerprint density at radius 1 is 1.33 bits per heavy atom. The number of hydrogen-bond donors (Lipinski definition) is 1. The molecule has 1 aromatic carbocycles. The van der Waals surface area contributed by atoms with Gasteiger partial charge in [0, 0.05) is 18.1 Å². The molecular weight excluding hydrogens is 280 g/mol. The van der Waals surface area contributed by atoms with Crippen LogP contribution in [0.1, 0.15) is 36.8 Å². The van der Waals surface area contributed by atoms with Crippen LogP contribution < -0.4 is 5.32 Å². The van der Waals surface area contributed by atoms with Crippen molar-refractivity contribution in [2.45, 2.75) is 38.4 Å². The molecule has 1 aromatic rings. The zero-order valence-corrected chi connectivity index (χ0v) is 13.3. The van der Waals surface area contributed by atoms with Gasteiger partial charge in [0.1, 0.15) is 5.41 Å². The van der Waals surface area contributed by atoms with Crippen LogP contribution >= 0.6 is 11.8 Å². The second-order valence-corrected chi connectivity index (χ2v) is 6.80. The average Bonchev–Trinajstić information content (AvgIpc) is 2.99. The van der Waals surface area contributed by atoms with Crippen LogP contribution in [-0.4, -0.2) is 18.2 Å². The Bertz CT molecular complexity index is 513. The Morgan fingerprint density at radius 2 is 2.00 bits per heavy atom. The van der Waals surface area contributed by atoms with Gasteiger partial charge >= 0.3 is 0 Å². The van der Waals surface area contributed by atoms with E-state index in [4.69, 9.17) is 0 Å². The first-order valence-corrected chi connectivity index (χ1v) is 8.65. The fourth-order valence-corrected chi connectivity index (χ4v) is 3.47. The zero-order chi connectivity index (χ0) is 15.1. The SMILES string of the molecule is Cc1ccc(CSCCNC(=O)C2(C#N)CCCC2)cc1. The maximum atomic E-state index is 12.1. The van der Waals surface area contributed by atoms with Crippen LogP contribution in [0.15, 0.2) is 24.3 Å². The topological polar surface area (TPSA) is 52.9 Å². The first kappa shape index (κ1) is 15.9. The summed E-state index contributed by atoms with van der Waals surface area (Å²) in [5.74, 6) is 1.76. The summed E-state index contributed by atoms with van der Waals surface area (Å²) in [4.78, 5) is 12.1. The Balaban J connectivity index is 1.67. The van der Waals surface area contributed by atoms with Crippen LogP contribution in [0.4, 0.5) is 0 Å². The van der Waals surface area contributed by atoms with E-state index < -0.39 is 5.41 Å². The summed E-state index contributed by atoms with van der Waals surface area (Å²) in [7, 11) is 0. The molecule has 21 heavy (non-hydrogen) atoms.